The lowest BCUT2D eigenvalue weighted by molar-refractivity contribution is 0.0722. The summed E-state index contributed by atoms with van der Waals surface area (Å²) in [4.78, 5) is 15.3. The van der Waals surface area contributed by atoms with E-state index in [0.717, 1.165) is 28.1 Å². The van der Waals surface area contributed by atoms with Gasteiger partial charge < -0.3 is 19.1 Å². The normalized spacial score (nSPS) is 15.2. The number of fused-ring (bicyclic) bond motifs is 1. The zero-order chi connectivity index (χ0) is 22.8. The number of nitrogens with one attached hydrogen (secondary N) is 1. The third kappa shape index (κ3) is 3.79. The molecule has 3 aromatic rings. The lowest BCUT2D eigenvalue weighted by atomic mass is 9.95. The summed E-state index contributed by atoms with van der Waals surface area (Å²) >= 11 is 0. The van der Waals surface area contributed by atoms with Crippen molar-refractivity contribution < 1.29 is 19.0 Å². The predicted octanol–water partition coefficient (Wildman–Crippen LogP) is 4.69. The van der Waals surface area contributed by atoms with Gasteiger partial charge in [0.15, 0.2) is 11.5 Å². The molecule has 1 atom stereocenters. The molecule has 1 aliphatic rings. The number of nitrogens with zero attached hydrogens (tertiary/aromatic N) is 2. The maximum absolute atomic E-state index is 13.4. The van der Waals surface area contributed by atoms with Gasteiger partial charge in [-0.2, -0.15) is 5.10 Å². The van der Waals surface area contributed by atoms with Crippen molar-refractivity contribution in [2.45, 2.75) is 26.8 Å². The number of aromatic nitrogens is 2. The van der Waals surface area contributed by atoms with Gasteiger partial charge in [-0.05, 0) is 54.8 Å². The Labute approximate surface area is 188 Å². The van der Waals surface area contributed by atoms with Crippen molar-refractivity contribution in [3.8, 4) is 28.5 Å². The smallest absolute Gasteiger partial charge is 0.273 e. The number of amides is 1. The Bertz CT molecular complexity index is 1100. The van der Waals surface area contributed by atoms with E-state index in [0.29, 0.717) is 36.3 Å². The summed E-state index contributed by atoms with van der Waals surface area (Å²) in [6.45, 7) is 7.33. The highest BCUT2D eigenvalue weighted by molar-refractivity contribution is 6.00. The molecule has 0 spiro atoms. The molecule has 0 bridgehead atoms. The zero-order valence-electron chi connectivity index (χ0n) is 19.1. The maximum atomic E-state index is 13.4. The number of rotatable bonds is 8. The summed E-state index contributed by atoms with van der Waals surface area (Å²) in [5.41, 5.74) is 4.06. The Balaban J connectivity index is 1.85. The largest absolute Gasteiger partial charge is 0.497 e. The predicted molar refractivity (Wildman–Crippen MR) is 122 cm³/mol. The number of methoxy groups -OCH3 is 2. The first-order valence-corrected chi connectivity index (χ1v) is 10.8. The molecule has 0 saturated heterocycles. The van der Waals surface area contributed by atoms with Crippen LogP contribution in [0.15, 0.2) is 42.5 Å². The number of ether oxygens (including phenoxy) is 3. The number of H-pyrrole nitrogens is 1. The topological polar surface area (TPSA) is 76.7 Å². The molecule has 0 aliphatic carbocycles. The lowest BCUT2D eigenvalue weighted by Gasteiger charge is -2.28. The molecule has 7 nitrogen and oxygen atoms in total. The molecule has 168 valence electrons. The van der Waals surface area contributed by atoms with E-state index in [2.05, 4.69) is 24.0 Å². The summed E-state index contributed by atoms with van der Waals surface area (Å²) in [6.07, 6.45) is 0. The standard InChI is InChI=1S/C25H29N3O4/c1-6-32-19-12-9-17(13-20(19)31-5)24-21-22(16-7-10-18(30-4)11-8-16)26-27-23(21)25(29)28(24)14-15(2)3/h7-13,15,24H,6,14H2,1-5H3,(H,26,27). The van der Waals surface area contributed by atoms with Crippen LogP contribution in [-0.4, -0.2) is 48.4 Å². The molecule has 0 radical (unpaired) electrons. The van der Waals surface area contributed by atoms with E-state index in [1.807, 2.05) is 54.3 Å². The summed E-state index contributed by atoms with van der Waals surface area (Å²) in [5, 5.41) is 7.52. The van der Waals surface area contributed by atoms with Crippen molar-refractivity contribution in [2.75, 3.05) is 27.4 Å². The van der Waals surface area contributed by atoms with E-state index < -0.39 is 0 Å². The zero-order valence-corrected chi connectivity index (χ0v) is 19.1. The van der Waals surface area contributed by atoms with E-state index in [1.165, 1.54) is 0 Å². The Morgan fingerprint density at radius 3 is 2.44 bits per heavy atom. The molecule has 1 aromatic heterocycles. The van der Waals surface area contributed by atoms with Crippen molar-refractivity contribution in [3.63, 3.8) is 0 Å². The fraction of sp³-hybridized carbons (Fsp3) is 0.360. The van der Waals surface area contributed by atoms with Crippen molar-refractivity contribution in [1.82, 2.24) is 15.1 Å². The molecule has 2 aromatic carbocycles. The van der Waals surface area contributed by atoms with E-state index in [9.17, 15) is 4.79 Å². The van der Waals surface area contributed by atoms with Gasteiger partial charge in [-0.1, -0.05) is 19.9 Å². The van der Waals surface area contributed by atoms with Crippen LogP contribution in [0.5, 0.6) is 17.2 Å². The summed E-state index contributed by atoms with van der Waals surface area (Å²) in [7, 11) is 3.26. The van der Waals surface area contributed by atoms with Gasteiger partial charge in [0.25, 0.3) is 5.91 Å². The second kappa shape index (κ2) is 8.94. The first-order chi connectivity index (χ1) is 15.5. The Morgan fingerprint density at radius 1 is 1.06 bits per heavy atom. The fourth-order valence-electron chi connectivity index (χ4n) is 4.22. The number of carbonyl (C=O) groups excluding carboxylic acids is 1. The SMILES string of the molecule is CCOc1ccc(C2c3c(-c4ccc(OC)cc4)n[nH]c3C(=O)N2CC(C)C)cc1OC. The number of aromatic amines is 1. The van der Waals surface area contributed by atoms with Crippen LogP contribution < -0.4 is 14.2 Å². The average molecular weight is 436 g/mol. The van der Waals surface area contributed by atoms with Crippen LogP contribution in [0.3, 0.4) is 0 Å². The summed E-state index contributed by atoms with van der Waals surface area (Å²) in [6, 6.07) is 13.3. The molecule has 1 aliphatic heterocycles. The highest BCUT2D eigenvalue weighted by Gasteiger charge is 2.42. The second-order valence-corrected chi connectivity index (χ2v) is 8.19. The van der Waals surface area contributed by atoms with Crippen LogP contribution in [0, 0.1) is 5.92 Å². The minimum absolute atomic E-state index is 0.0428. The second-order valence-electron chi connectivity index (χ2n) is 8.19. The van der Waals surface area contributed by atoms with E-state index in [4.69, 9.17) is 14.2 Å². The minimum Gasteiger partial charge on any atom is -0.497 e. The number of hydrogen-bond acceptors (Lipinski definition) is 5. The van der Waals surface area contributed by atoms with Crippen molar-refractivity contribution in [2.24, 2.45) is 5.92 Å². The lowest BCUT2D eigenvalue weighted by Crippen LogP contribution is -2.32. The van der Waals surface area contributed by atoms with Gasteiger partial charge in [-0.15, -0.1) is 0 Å². The quantitative estimate of drug-likeness (QED) is 0.555. The molecule has 7 heteroatoms. The first-order valence-electron chi connectivity index (χ1n) is 10.8. The molecule has 32 heavy (non-hydrogen) atoms. The van der Waals surface area contributed by atoms with Gasteiger partial charge in [-0.25, -0.2) is 0 Å². The van der Waals surface area contributed by atoms with Crippen molar-refractivity contribution in [3.05, 3.63) is 59.3 Å². The van der Waals surface area contributed by atoms with Crippen LogP contribution in [-0.2, 0) is 0 Å². The Kier molecular flexibility index (Phi) is 6.08. The third-order valence-electron chi connectivity index (χ3n) is 5.59. The third-order valence-corrected chi connectivity index (χ3v) is 5.59. The maximum Gasteiger partial charge on any atom is 0.273 e. The van der Waals surface area contributed by atoms with Crippen molar-refractivity contribution >= 4 is 5.91 Å². The van der Waals surface area contributed by atoms with Crippen LogP contribution in [0.1, 0.15) is 48.4 Å². The van der Waals surface area contributed by atoms with Crippen LogP contribution in [0.4, 0.5) is 0 Å². The molecule has 4 rings (SSSR count). The van der Waals surface area contributed by atoms with E-state index in [1.54, 1.807) is 14.2 Å². The van der Waals surface area contributed by atoms with Gasteiger partial charge in [0.2, 0.25) is 0 Å². The van der Waals surface area contributed by atoms with E-state index in [-0.39, 0.29) is 11.9 Å². The molecular weight excluding hydrogens is 406 g/mol. The molecule has 1 unspecified atom stereocenters. The highest BCUT2D eigenvalue weighted by Crippen LogP contribution is 2.45. The number of hydrogen-bond donors (Lipinski definition) is 1. The van der Waals surface area contributed by atoms with Gasteiger partial charge >= 0.3 is 0 Å². The molecule has 1 N–H and O–H groups in total. The van der Waals surface area contributed by atoms with Crippen LogP contribution >= 0.6 is 0 Å². The fourth-order valence-corrected chi connectivity index (χ4v) is 4.22. The van der Waals surface area contributed by atoms with Gasteiger partial charge in [-0.3, -0.25) is 9.89 Å². The monoisotopic (exact) mass is 435 g/mol. The van der Waals surface area contributed by atoms with Gasteiger partial charge in [0.1, 0.15) is 11.4 Å². The van der Waals surface area contributed by atoms with Crippen molar-refractivity contribution in [1.29, 1.82) is 0 Å². The molecule has 0 saturated carbocycles. The van der Waals surface area contributed by atoms with Gasteiger partial charge in [0.05, 0.1) is 32.6 Å². The molecule has 1 amide bonds. The Morgan fingerprint density at radius 2 is 1.81 bits per heavy atom. The molecule has 2 heterocycles. The molecule has 0 fully saturated rings. The summed E-state index contributed by atoms with van der Waals surface area (Å²) in [5.74, 6) is 2.36. The number of carbonyl (C=O) groups is 1. The number of benzene rings is 2. The Hall–Kier alpha value is -3.48. The van der Waals surface area contributed by atoms with Gasteiger partial charge in [0, 0.05) is 17.7 Å². The first kappa shape index (κ1) is 21.7. The highest BCUT2D eigenvalue weighted by atomic mass is 16.5. The van der Waals surface area contributed by atoms with E-state index >= 15 is 0 Å². The summed E-state index contributed by atoms with van der Waals surface area (Å²) < 4.78 is 16.6. The average Bonchev–Trinajstić information content (AvgIpc) is 3.33. The minimum atomic E-state index is -0.277. The van der Waals surface area contributed by atoms with Crippen LogP contribution in [0.2, 0.25) is 0 Å². The molecular formula is C25H29N3O4. The van der Waals surface area contributed by atoms with Crippen LogP contribution in [0.25, 0.3) is 11.3 Å².